The van der Waals surface area contributed by atoms with Crippen molar-refractivity contribution >= 4 is 27.3 Å². The first-order valence-corrected chi connectivity index (χ1v) is 10.3. The van der Waals surface area contributed by atoms with Crippen molar-refractivity contribution in [2.24, 2.45) is 11.3 Å². The number of anilines is 1. The molecule has 138 valence electrons. The topological polar surface area (TPSA) is 74.7 Å². The third kappa shape index (κ3) is 2.39. The number of aryl methyl sites for hydroxylation is 1. The van der Waals surface area contributed by atoms with Gasteiger partial charge >= 0.3 is 10.3 Å². The Morgan fingerprint density at radius 3 is 2.69 bits per heavy atom. The molecule has 1 aromatic rings. The summed E-state index contributed by atoms with van der Waals surface area (Å²) in [5, 5.41) is 0. The van der Waals surface area contributed by atoms with Gasteiger partial charge in [0.05, 0.1) is 5.69 Å². The lowest BCUT2D eigenvalue weighted by atomic mass is 9.62. The number of carbonyl (C=O) groups excluding carboxylic acids is 1. The molecule has 6 heteroatoms. The molecule has 1 aromatic carbocycles. The highest BCUT2D eigenvalue weighted by Crippen LogP contribution is 2.58. The van der Waals surface area contributed by atoms with Crippen LogP contribution in [0.2, 0.25) is 0 Å². The van der Waals surface area contributed by atoms with Crippen molar-refractivity contribution in [1.82, 2.24) is 0 Å². The number of hydrogen-bond donors (Lipinski definition) is 1. The Labute approximate surface area is 154 Å². The van der Waals surface area contributed by atoms with E-state index in [9.17, 15) is 17.8 Å². The normalized spacial score (nSPS) is 27.9. The fourth-order valence-electron chi connectivity index (χ4n) is 5.04. The van der Waals surface area contributed by atoms with E-state index in [0.29, 0.717) is 17.9 Å². The van der Waals surface area contributed by atoms with E-state index in [1.54, 1.807) is 6.07 Å². The van der Waals surface area contributed by atoms with E-state index in [1.165, 1.54) is 18.2 Å². The molecule has 2 atom stereocenters. The summed E-state index contributed by atoms with van der Waals surface area (Å²) < 4.78 is 32.9. The average Bonchev–Trinajstić information content (AvgIpc) is 2.81. The van der Waals surface area contributed by atoms with Crippen molar-refractivity contribution in [2.75, 3.05) is 11.4 Å². The lowest BCUT2D eigenvalue weighted by Gasteiger charge is -2.41. The van der Waals surface area contributed by atoms with E-state index in [2.05, 4.69) is 13.5 Å². The van der Waals surface area contributed by atoms with E-state index in [1.807, 2.05) is 12.1 Å². The summed E-state index contributed by atoms with van der Waals surface area (Å²) in [6.45, 7) is 6.27. The zero-order valence-corrected chi connectivity index (χ0v) is 15.9. The molecule has 0 aliphatic heterocycles. The number of Topliss-reactive ketones (excluding diaryl/α,β-unsaturated/α-hetero) is 1. The number of ketones is 1. The highest BCUT2D eigenvalue weighted by Gasteiger charge is 2.52. The third-order valence-electron chi connectivity index (χ3n) is 6.49. The van der Waals surface area contributed by atoms with Crippen LogP contribution in [0.4, 0.5) is 5.69 Å². The molecule has 0 radical (unpaired) electrons. The van der Waals surface area contributed by atoms with Gasteiger partial charge in [0.1, 0.15) is 5.78 Å². The monoisotopic (exact) mass is 373 g/mol. The van der Waals surface area contributed by atoms with Crippen molar-refractivity contribution in [3.63, 3.8) is 0 Å². The molecule has 0 bridgehead atoms. The maximum absolute atomic E-state index is 12.5. The van der Waals surface area contributed by atoms with Crippen LogP contribution in [-0.2, 0) is 21.5 Å². The predicted octanol–water partition coefficient (Wildman–Crippen LogP) is 3.57. The Bertz CT molecular complexity index is 976. The summed E-state index contributed by atoms with van der Waals surface area (Å²) in [5.74, 6) is 0.460. The van der Waals surface area contributed by atoms with E-state index >= 15 is 0 Å². The highest BCUT2D eigenvalue weighted by molar-refractivity contribution is 7.87. The second kappa shape index (κ2) is 5.54. The Morgan fingerprint density at radius 2 is 2.00 bits per heavy atom. The van der Waals surface area contributed by atoms with Gasteiger partial charge in [-0.3, -0.25) is 13.7 Å². The minimum atomic E-state index is -4.27. The molecule has 1 N–H and O–H groups in total. The molecule has 1 fully saturated rings. The Morgan fingerprint density at radius 1 is 1.27 bits per heavy atom. The van der Waals surface area contributed by atoms with E-state index < -0.39 is 10.3 Å². The minimum absolute atomic E-state index is 0.145. The average molecular weight is 373 g/mol. The second-order valence-corrected chi connectivity index (χ2v) is 9.34. The molecule has 0 heterocycles. The van der Waals surface area contributed by atoms with E-state index in [0.717, 1.165) is 46.7 Å². The zero-order chi connectivity index (χ0) is 18.9. The molecule has 0 unspecified atom stereocenters. The van der Waals surface area contributed by atoms with Gasteiger partial charge in [0, 0.05) is 24.8 Å². The van der Waals surface area contributed by atoms with Crippen LogP contribution >= 0.6 is 0 Å². The first kappa shape index (κ1) is 17.5. The Balaban J connectivity index is 1.79. The number of hydrogen-bond acceptors (Lipinski definition) is 3. The molecule has 0 aromatic heterocycles. The van der Waals surface area contributed by atoms with Gasteiger partial charge in [-0.25, -0.2) is 0 Å². The van der Waals surface area contributed by atoms with Crippen LogP contribution in [0.15, 0.2) is 35.9 Å². The van der Waals surface area contributed by atoms with Gasteiger partial charge in [-0.05, 0) is 54.5 Å². The Hall–Kier alpha value is -1.92. The number of allylic oxidation sites excluding steroid dienone is 3. The van der Waals surface area contributed by atoms with Crippen molar-refractivity contribution < 1.29 is 17.8 Å². The van der Waals surface area contributed by atoms with Crippen molar-refractivity contribution in [3.8, 4) is 0 Å². The number of carbonyl (C=O) groups is 1. The summed E-state index contributed by atoms with van der Waals surface area (Å²) in [7, 11) is -2.93. The predicted molar refractivity (Wildman–Crippen MR) is 101 cm³/mol. The first-order chi connectivity index (χ1) is 12.1. The minimum Gasteiger partial charge on any atom is -0.299 e. The smallest absolute Gasteiger partial charge is 0.299 e. The molecule has 3 aliphatic rings. The van der Waals surface area contributed by atoms with Crippen LogP contribution in [0, 0.1) is 11.3 Å². The maximum Gasteiger partial charge on any atom is 0.359 e. The molecule has 26 heavy (non-hydrogen) atoms. The van der Waals surface area contributed by atoms with Gasteiger partial charge in [-0.15, -0.1) is 0 Å². The number of rotatable bonds is 2. The maximum atomic E-state index is 12.5. The summed E-state index contributed by atoms with van der Waals surface area (Å²) >= 11 is 0. The first-order valence-electron chi connectivity index (χ1n) is 8.90. The van der Waals surface area contributed by atoms with Crippen molar-refractivity contribution in [1.29, 1.82) is 0 Å². The van der Waals surface area contributed by atoms with Crippen LogP contribution in [0.5, 0.6) is 0 Å². The summed E-state index contributed by atoms with van der Waals surface area (Å²) in [4.78, 5) is 12.5. The van der Waals surface area contributed by atoms with Gasteiger partial charge < -0.3 is 0 Å². The van der Waals surface area contributed by atoms with Gasteiger partial charge in [-0.2, -0.15) is 8.42 Å². The molecule has 3 aliphatic carbocycles. The Kier molecular flexibility index (Phi) is 3.72. The standard InChI is InChI=1S/C20H23NO4S/c1-12-10-18(22)20(2)9-8-16-15-7-5-14(21(3)26(23,24)25)11-13(15)4-6-17(16)19(12)20/h5,7,11,19H,1,4,6,8-10H2,2-3H3,(H,23,24,25)/t19-,20+/m0/s1. The summed E-state index contributed by atoms with van der Waals surface area (Å²) in [5.41, 5.74) is 6.07. The van der Waals surface area contributed by atoms with E-state index in [4.69, 9.17) is 0 Å². The van der Waals surface area contributed by atoms with Crippen LogP contribution in [0.25, 0.3) is 5.57 Å². The molecule has 0 spiro atoms. The van der Waals surface area contributed by atoms with E-state index in [-0.39, 0.29) is 11.3 Å². The number of nitrogens with zero attached hydrogens (tertiary/aromatic N) is 1. The molecule has 0 amide bonds. The highest BCUT2D eigenvalue weighted by atomic mass is 32.2. The summed E-state index contributed by atoms with van der Waals surface area (Å²) in [6.07, 6.45) is 3.86. The zero-order valence-electron chi connectivity index (χ0n) is 15.1. The van der Waals surface area contributed by atoms with Crippen LogP contribution in [0.3, 0.4) is 0 Å². The second-order valence-electron chi connectivity index (χ2n) is 7.90. The largest absolute Gasteiger partial charge is 0.359 e. The molecule has 4 rings (SSSR count). The molecule has 1 saturated carbocycles. The lowest BCUT2D eigenvalue weighted by molar-refractivity contribution is -0.126. The number of benzene rings is 1. The van der Waals surface area contributed by atoms with Gasteiger partial charge in [0.15, 0.2) is 0 Å². The van der Waals surface area contributed by atoms with Crippen LogP contribution in [-0.4, -0.2) is 25.8 Å². The molecule has 0 saturated heterocycles. The lowest BCUT2D eigenvalue weighted by Crippen LogP contribution is -2.35. The fraction of sp³-hybridized carbons (Fsp3) is 0.450. The molecular formula is C20H23NO4S. The molecular weight excluding hydrogens is 350 g/mol. The van der Waals surface area contributed by atoms with Crippen LogP contribution < -0.4 is 4.31 Å². The molecule has 5 nitrogen and oxygen atoms in total. The SMILES string of the molecule is C=C1CC(=O)[C@@]2(C)CCC3=C(CCc4cc(N(C)S(=O)(=O)O)ccc43)[C@H]12. The fourth-order valence-corrected chi connectivity index (χ4v) is 5.42. The third-order valence-corrected chi connectivity index (χ3v) is 7.39. The summed E-state index contributed by atoms with van der Waals surface area (Å²) in [6, 6.07) is 5.52. The van der Waals surface area contributed by atoms with Gasteiger partial charge in [0.2, 0.25) is 0 Å². The van der Waals surface area contributed by atoms with Crippen molar-refractivity contribution in [2.45, 2.75) is 39.0 Å². The number of fused-ring (bicyclic) bond motifs is 4. The van der Waals surface area contributed by atoms with Gasteiger partial charge in [0.25, 0.3) is 0 Å². The quantitative estimate of drug-likeness (QED) is 0.635. The van der Waals surface area contributed by atoms with Gasteiger partial charge in [-0.1, -0.05) is 30.7 Å². The van der Waals surface area contributed by atoms with Crippen LogP contribution in [0.1, 0.15) is 43.7 Å². The van der Waals surface area contributed by atoms with Crippen molar-refractivity contribution in [3.05, 3.63) is 47.1 Å².